The number of fused-ring (bicyclic) bond motifs is 3. The molecule has 2 aromatic rings. The van der Waals surface area contributed by atoms with Crippen molar-refractivity contribution in [2.75, 3.05) is 13.1 Å². The third-order valence-corrected chi connectivity index (χ3v) is 6.46. The topological polar surface area (TPSA) is 82.1 Å². The number of hydrogen-bond acceptors (Lipinski definition) is 4. The van der Waals surface area contributed by atoms with Crippen molar-refractivity contribution in [3.8, 4) is 0 Å². The molecule has 5 rings (SSSR count). The zero-order chi connectivity index (χ0) is 18.7. The van der Waals surface area contributed by atoms with Crippen LogP contribution in [0.5, 0.6) is 0 Å². The minimum Gasteiger partial charge on any atom is -0.347 e. The summed E-state index contributed by atoms with van der Waals surface area (Å²) in [6.45, 7) is 2.14. The van der Waals surface area contributed by atoms with Gasteiger partial charge in [0.25, 0.3) is 5.91 Å². The second-order valence-corrected chi connectivity index (χ2v) is 8.14. The Balaban J connectivity index is 1.44. The summed E-state index contributed by atoms with van der Waals surface area (Å²) in [7, 11) is 1.86. The van der Waals surface area contributed by atoms with Crippen LogP contribution < -0.4 is 11.1 Å². The van der Waals surface area contributed by atoms with Crippen molar-refractivity contribution in [2.24, 2.45) is 18.9 Å². The molecule has 1 aliphatic carbocycles. The fraction of sp³-hybridized carbons (Fsp3) is 0.579. The summed E-state index contributed by atoms with van der Waals surface area (Å²) in [6.07, 6.45) is 5.24. The summed E-state index contributed by atoms with van der Waals surface area (Å²) in [5.41, 5.74) is -0.313. The maximum absolute atomic E-state index is 12.8. The van der Waals surface area contributed by atoms with Crippen LogP contribution in [0.25, 0.3) is 0 Å². The molecule has 0 bridgehead atoms. The van der Waals surface area contributed by atoms with Gasteiger partial charge in [0.1, 0.15) is 11.5 Å². The number of rotatable bonds is 3. The summed E-state index contributed by atoms with van der Waals surface area (Å²) in [6, 6.07) is 3.68. The fourth-order valence-electron chi connectivity index (χ4n) is 4.64. The molecule has 0 unspecified atom stereocenters. The number of aryl methyl sites for hydroxylation is 1. The van der Waals surface area contributed by atoms with Gasteiger partial charge in [-0.1, -0.05) is 6.42 Å². The van der Waals surface area contributed by atoms with Gasteiger partial charge in [0.15, 0.2) is 0 Å². The van der Waals surface area contributed by atoms with Crippen LogP contribution in [0.3, 0.4) is 0 Å². The van der Waals surface area contributed by atoms with Crippen molar-refractivity contribution in [3.05, 3.63) is 50.6 Å². The molecule has 3 aliphatic rings. The largest absolute Gasteiger partial charge is 0.347 e. The smallest absolute Gasteiger partial charge is 0.332 e. The molecule has 4 heterocycles. The van der Waals surface area contributed by atoms with Gasteiger partial charge in [-0.2, -0.15) is 5.10 Å². The molecule has 1 amide bonds. The molecular weight excluding hydrogens is 346 g/mol. The first-order chi connectivity index (χ1) is 13.0. The monoisotopic (exact) mass is 369 g/mol. The number of hydrogen-bond donors (Lipinski definition) is 0. The number of nitrogens with zero attached hydrogens (tertiary/aromatic N) is 5. The van der Waals surface area contributed by atoms with Crippen LogP contribution >= 0.6 is 0 Å². The van der Waals surface area contributed by atoms with Gasteiger partial charge in [-0.15, -0.1) is 0 Å². The fourth-order valence-corrected chi connectivity index (χ4v) is 4.64. The van der Waals surface area contributed by atoms with Crippen LogP contribution in [0, 0.1) is 11.8 Å². The van der Waals surface area contributed by atoms with E-state index in [1.807, 2.05) is 34.8 Å². The zero-order valence-corrected chi connectivity index (χ0v) is 15.4. The quantitative estimate of drug-likeness (QED) is 0.734. The molecule has 1 saturated heterocycles. The molecule has 2 fully saturated rings. The average Bonchev–Trinajstić information content (AvgIpc) is 3.29. The molecule has 1 saturated carbocycles. The summed E-state index contributed by atoms with van der Waals surface area (Å²) >= 11 is 0. The SMILES string of the molecule is Cn1cccc1C(=O)N1C[C@H]2Cn3c(nn(CC4CCC4)c(=O)c3=O)[C@@H]2C1. The number of aromatic nitrogens is 4. The van der Waals surface area contributed by atoms with Crippen molar-refractivity contribution >= 4 is 5.91 Å². The molecular formula is C19H23N5O3. The van der Waals surface area contributed by atoms with Crippen molar-refractivity contribution < 1.29 is 4.79 Å². The zero-order valence-electron chi connectivity index (χ0n) is 15.4. The lowest BCUT2D eigenvalue weighted by atomic mass is 9.85. The highest BCUT2D eigenvalue weighted by Crippen LogP contribution is 2.37. The maximum Gasteiger partial charge on any atom is 0.332 e. The van der Waals surface area contributed by atoms with Crippen molar-refractivity contribution in [3.63, 3.8) is 0 Å². The molecule has 0 spiro atoms. The summed E-state index contributed by atoms with van der Waals surface area (Å²) in [5.74, 6) is 1.30. The Morgan fingerprint density at radius 1 is 1.19 bits per heavy atom. The Hall–Kier alpha value is -2.64. The van der Waals surface area contributed by atoms with Crippen LogP contribution in [0.15, 0.2) is 27.9 Å². The van der Waals surface area contributed by atoms with E-state index in [4.69, 9.17) is 0 Å². The third kappa shape index (κ3) is 2.49. The molecule has 0 radical (unpaired) electrons. The highest BCUT2D eigenvalue weighted by atomic mass is 16.2. The van der Waals surface area contributed by atoms with Crippen molar-refractivity contribution in [2.45, 2.75) is 38.3 Å². The van der Waals surface area contributed by atoms with Crippen molar-refractivity contribution in [1.29, 1.82) is 0 Å². The van der Waals surface area contributed by atoms with Crippen LogP contribution in [-0.4, -0.2) is 42.8 Å². The van der Waals surface area contributed by atoms with Crippen molar-refractivity contribution in [1.82, 2.24) is 23.8 Å². The maximum atomic E-state index is 12.8. The van der Waals surface area contributed by atoms with E-state index in [2.05, 4.69) is 5.10 Å². The number of amides is 1. The van der Waals surface area contributed by atoms with Crippen LogP contribution in [0.1, 0.15) is 41.5 Å². The second kappa shape index (κ2) is 5.94. The molecule has 142 valence electrons. The Labute approximate surface area is 156 Å². The first-order valence-electron chi connectivity index (χ1n) is 9.65. The highest BCUT2D eigenvalue weighted by molar-refractivity contribution is 5.93. The second-order valence-electron chi connectivity index (χ2n) is 8.14. The van der Waals surface area contributed by atoms with E-state index in [1.165, 1.54) is 11.1 Å². The molecule has 8 heteroatoms. The van der Waals surface area contributed by atoms with E-state index in [0.717, 1.165) is 12.8 Å². The van der Waals surface area contributed by atoms with Gasteiger partial charge in [-0.05, 0) is 30.9 Å². The first kappa shape index (κ1) is 16.5. The Bertz CT molecular complexity index is 1030. The normalized spacial score (nSPS) is 24.0. The lowest BCUT2D eigenvalue weighted by molar-refractivity contribution is 0.0773. The summed E-state index contributed by atoms with van der Waals surface area (Å²) in [5, 5.41) is 4.58. The predicted molar refractivity (Wildman–Crippen MR) is 97.6 cm³/mol. The summed E-state index contributed by atoms with van der Waals surface area (Å²) < 4.78 is 4.74. The molecule has 2 aliphatic heterocycles. The minimum atomic E-state index is -0.512. The lowest BCUT2D eigenvalue weighted by Crippen LogP contribution is -2.45. The van der Waals surface area contributed by atoms with Gasteiger partial charge >= 0.3 is 11.1 Å². The Morgan fingerprint density at radius 2 is 2.00 bits per heavy atom. The van der Waals surface area contributed by atoms with Crippen LogP contribution in [-0.2, 0) is 20.1 Å². The third-order valence-electron chi connectivity index (χ3n) is 6.46. The first-order valence-corrected chi connectivity index (χ1v) is 9.65. The number of carbonyl (C=O) groups is 1. The molecule has 2 atom stereocenters. The number of likely N-dealkylation sites (tertiary alicyclic amines) is 1. The van der Waals surface area contributed by atoms with Gasteiger partial charge in [0.2, 0.25) is 0 Å². The van der Waals surface area contributed by atoms with E-state index < -0.39 is 11.1 Å². The molecule has 2 aromatic heterocycles. The van der Waals surface area contributed by atoms with Gasteiger partial charge in [0.05, 0.1) is 0 Å². The van der Waals surface area contributed by atoms with Gasteiger partial charge in [-0.3, -0.25) is 19.0 Å². The van der Waals surface area contributed by atoms with E-state index in [0.29, 0.717) is 43.6 Å². The van der Waals surface area contributed by atoms with E-state index in [-0.39, 0.29) is 17.7 Å². The van der Waals surface area contributed by atoms with E-state index in [9.17, 15) is 14.4 Å². The van der Waals surface area contributed by atoms with Crippen LogP contribution in [0.2, 0.25) is 0 Å². The lowest BCUT2D eigenvalue weighted by Gasteiger charge is -2.25. The highest BCUT2D eigenvalue weighted by Gasteiger charge is 2.44. The van der Waals surface area contributed by atoms with E-state index >= 15 is 0 Å². The molecule has 8 nitrogen and oxygen atoms in total. The van der Waals surface area contributed by atoms with E-state index in [1.54, 1.807) is 4.57 Å². The minimum absolute atomic E-state index is 0.00795. The van der Waals surface area contributed by atoms with Crippen LogP contribution in [0.4, 0.5) is 0 Å². The van der Waals surface area contributed by atoms with Gasteiger partial charge in [0, 0.05) is 51.3 Å². The molecule has 0 aromatic carbocycles. The average molecular weight is 369 g/mol. The van der Waals surface area contributed by atoms with Gasteiger partial charge < -0.3 is 9.47 Å². The molecule has 27 heavy (non-hydrogen) atoms. The molecule has 0 N–H and O–H groups in total. The Morgan fingerprint density at radius 3 is 2.67 bits per heavy atom. The standard InChI is InChI=1S/C19H23N5O3/c1-21-7-3-6-15(21)17(25)22-9-13-10-23-16(14(13)11-22)20-24(19(27)18(23)26)8-12-4-2-5-12/h3,6-7,12-14H,2,4-5,8-11H2,1H3/t13-,14+/m0/s1. The summed E-state index contributed by atoms with van der Waals surface area (Å²) in [4.78, 5) is 39.6. The predicted octanol–water partition coefficient (Wildman–Crippen LogP) is 0.413. The Kier molecular flexibility index (Phi) is 3.63. The number of carbonyl (C=O) groups excluding carboxylic acids is 1. The van der Waals surface area contributed by atoms with Gasteiger partial charge in [-0.25, -0.2) is 4.68 Å².